The Balaban J connectivity index is 2.36. The smallest absolute Gasteiger partial charge is 0.261 e. The Kier molecular flexibility index (Phi) is 4.78. The number of carbonyl (C=O) groups is 2. The molecule has 2 aromatic rings. The first-order valence-electron chi connectivity index (χ1n) is 6.81. The number of benzene rings is 2. The molecular formula is C17H18N2O3. The van der Waals surface area contributed by atoms with Crippen molar-refractivity contribution in [1.82, 2.24) is 0 Å². The number of anilines is 2. The first-order chi connectivity index (χ1) is 10.5. The lowest BCUT2D eigenvalue weighted by Gasteiger charge is -2.19. The van der Waals surface area contributed by atoms with Gasteiger partial charge in [0.15, 0.2) is 0 Å². The van der Waals surface area contributed by atoms with Crippen molar-refractivity contribution >= 4 is 23.2 Å². The molecule has 22 heavy (non-hydrogen) atoms. The second-order valence-electron chi connectivity index (χ2n) is 4.80. The fourth-order valence-electron chi connectivity index (χ4n) is 2.11. The summed E-state index contributed by atoms with van der Waals surface area (Å²) in [6.07, 6.45) is 0. The van der Waals surface area contributed by atoms with Crippen LogP contribution in [0.15, 0.2) is 48.5 Å². The minimum atomic E-state index is -0.213. The number of hydrogen-bond acceptors (Lipinski definition) is 3. The fourth-order valence-corrected chi connectivity index (χ4v) is 2.11. The van der Waals surface area contributed by atoms with E-state index in [9.17, 15) is 9.59 Å². The Morgan fingerprint density at radius 2 is 1.77 bits per heavy atom. The zero-order valence-corrected chi connectivity index (χ0v) is 12.8. The molecule has 0 unspecified atom stereocenters. The van der Waals surface area contributed by atoms with Crippen LogP contribution in [0.3, 0.4) is 0 Å². The molecule has 2 amide bonds. The Hall–Kier alpha value is -2.82. The minimum absolute atomic E-state index is 0.194. The summed E-state index contributed by atoms with van der Waals surface area (Å²) in [5.74, 6) is 0.0529. The average Bonchev–Trinajstić information content (AvgIpc) is 2.53. The number of methoxy groups -OCH3 is 1. The summed E-state index contributed by atoms with van der Waals surface area (Å²) in [5, 5.41) is 2.66. The van der Waals surface area contributed by atoms with E-state index in [1.807, 2.05) is 30.3 Å². The highest BCUT2D eigenvalue weighted by Crippen LogP contribution is 2.25. The van der Waals surface area contributed by atoms with Gasteiger partial charge in [0.2, 0.25) is 5.91 Å². The third-order valence-electron chi connectivity index (χ3n) is 3.20. The van der Waals surface area contributed by atoms with E-state index in [1.165, 1.54) is 18.9 Å². The second-order valence-corrected chi connectivity index (χ2v) is 4.80. The van der Waals surface area contributed by atoms with Crippen LogP contribution in [0.2, 0.25) is 0 Å². The largest absolute Gasteiger partial charge is 0.496 e. The van der Waals surface area contributed by atoms with Gasteiger partial charge in [0.05, 0.1) is 12.7 Å². The van der Waals surface area contributed by atoms with E-state index >= 15 is 0 Å². The van der Waals surface area contributed by atoms with Gasteiger partial charge in [-0.25, -0.2) is 0 Å². The zero-order valence-electron chi connectivity index (χ0n) is 12.8. The van der Waals surface area contributed by atoms with Crippen LogP contribution in [0.1, 0.15) is 17.3 Å². The molecular weight excluding hydrogens is 280 g/mol. The molecule has 5 nitrogen and oxygen atoms in total. The molecule has 0 aliphatic rings. The van der Waals surface area contributed by atoms with Crippen LogP contribution in [-0.2, 0) is 4.79 Å². The summed E-state index contributed by atoms with van der Waals surface area (Å²) < 4.78 is 5.25. The van der Waals surface area contributed by atoms with E-state index in [0.717, 1.165) is 5.69 Å². The van der Waals surface area contributed by atoms with Gasteiger partial charge in [0.1, 0.15) is 5.75 Å². The minimum Gasteiger partial charge on any atom is -0.496 e. The van der Waals surface area contributed by atoms with Crippen molar-refractivity contribution in [2.75, 3.05) is 24.4 Å². The average molecular weight is 298 g/mol. The van der Waals surface area contributed by atoms with Gasteiger partial charge in [-0.2, -0.15) is 0 Å². The first-order valence-corrected chi connectivity index (χ1v) is 6.81. The molecule has 0 saturated heterocycles. The first kappa shape index (κ1) is 15.6. The number of carbonyl (C=O) groups excluding carboxylic acids is 2. The van der Waals surface area contributed by atoms with Gasteiger partial charge in [-0.05, 0) is 30.3 Å². The van der Waals surface area contributed by atoms with Crippen LogP contribution in [0.5, 0.6) is 5.75 Å². The van der Waals surface area contributed by atoms with Crippen LogP contribution in [0.25, 0.3) is 0 Å². The van der Waals surface area contributed by atoms with Gasteiger partial charge < -0.3 is 15.0 Å². The molecule has 0 bridgehead atoms. The number of amides is 2. The third-order valence-corrected chi connectivity index (χ3v) is 3.20. The summed E-state index contributed by atoms with van der Waals surface area (Å²) in [5.41, 5.74) is 1.72. The molecule has 0 aliphatic heterocycles. The quantitative estimate of drug-likeness (QED) is 0.944. The van der Waals surface area contributed by atoms with Crippen LogP contribution < -0.4 is 15.0 Å². The van der Waals surface area contributed by atoms with Crippen LogP contribution in [0.4, 0.5) is 11.4 Å². The number of nitrogens with zero attached hydrogens (tertiary/aromatic N) is 1. The third kappa shape index (κ3) is 3.44. The van der Waals surface area contributed by atoms with Crippen molar-refractivity contribution in [3.63, 3.8) is 0 Å². The van der Waals surface area contributed by atoms with E-state index in [0.29, 0.717) is 17.0 Å². The number of nitrogens with one attached hydrogen (secondary N) is 1. The SMILES string of the molecule is COc1ccc(NC(C)=O)cc1C(=O)N(C)c1ccccc1. The molecule has 2 rings (SSSR count). The van der Waals surface area contributed by atoms with Crippen molar-refractivity contribution < 1.29 is 14.3 Å². The van der Waals surface area contributed by atoms with E-state index in [-0.39, 0.29) is 11.8 Å². The second kappa shape index (κ2) is 6.76. The molecule has 0 atom stereocenters. The highest BCUT2D eigenvalue weighted by molar-refractivity contribution is 6.08. The normalized spacial score (nSPS) is 9.95. The van der Waals surface area contributed by atoms with Gasteiger partial charge in [-0.3, -0.25) is 9.59 Å². The predicted octanol–water partition coefficient (Wildman–Crippen LogP) is 2.93. The molecule has 0 spiro atoms. The molecule has 2 aromatic carbocycles. The molecule has 0 heterocycles. The van der Waals surface area contributed by atoms with Crippen molar-refractivity contribution in [2.24, 2.45) is 0 Å². The molecule has 114 valence electrons. The number of rotatable bonds is 4. The molecule has 0 saturated carbocycles. The van der Waals surface area contributed by atoms with Gasteiger partial charge in [0.25, 0.3) is 5.91 Å². The standard InChI is InChI=1S/C17H18N2O3/c1-12(20)18-13-9-10-16(22-3)15(11-13)17(21)19(2)14-7-5-4-6-8-14/h4-11H,1-3H3,(H,18,20). The van der Waals surface area contributed by atoms with Gasteiger partial charge in [-0.1, -0.05) is 18.2 Å². The Morgan fingerprint density at radius 3 is 2.36 bits per heavy atom. The Bertz CT molecular complexity index is 684. The summed E-state index contributed by atoms with van der Waals surface area (Å²) in [6.45, 7) is 1.42. The molecule has 5 heteroatoms. The highest BCUT2D eigenvalue weighted by Gasteiger charge is 2.18. The number of hydrogen-bond donors (Lipinski definition) is 1. The molecule has 0 radical (unpaired) electrons. The molecule has 1 N–H and O–H groups in total. The summed E-state index contributed by atoms with van der Waals surface area (Å²) in [6, 6.07) is 14.3. The maximum atomic E-state index is 12.7. The maximum Gasteiger partial charge on any atom is 0.261 e. The number of para-hydroxylation sites is 1. The van der Waals surface area contributed by atoms with Crippen molar-refractivity contribution in [1.29, 1.82) is 0 Å². The number of ether oxygens (including phenoxy) is 1. The predicted molar refractivity (Wildman–Crippen MR) is 86.5 cm³/mol. The Labute approximate surface area is 129 Å². The Morgan fingerprint density at radius 1 is 1.09 bits per heavy atom. The van der Waals surface area contributed by atoms with Crippen molar-refractivity contribution in [3.05, 3.63) is 54.1 Å². The van der Waals surface area contributed by atoms with E-state index < -0.39 is 0 Å². The lowest BCUT2D eigenvalue weighted by atomic mass is 10.1. The summed E-state index contributed by atoms with van der Waals surface area (Å²) in [4.78, 5) is 25.4. The summed E-state index contributed by atoms with van der Waals surface area (Å²) in [7, 11) is 3.20. The van der Waals surface area contributed by atoms with Gasteiger partial charge >= 0.3 is 0 Å². The zero-order chi connectivity index (χ0) is 16.1. The van der Waals surface area contributed by atoms with Crippen LogP contribution in [-0.4, -0.2) is 26.0 Å². The van der Waals surface area contributed by atoms with E-state index in [2.05, 4.69) is 5.32 Å². The van der Waals surface area contributed by atoms with E-state index in [1.54, 1.807) is 25.2 Å². The molecule has 0 aromatic heterocycles. The lowest BCUT2D eigenvalue weighted by Crippen LogP contribution is -2.26. The van der Waals surface area contributed by atoms with Crippen molar-refractivity contribution in [3.8, 4) is 5.75 Å². The topological polar surface area (TPSA) is 58.6 Å². The molecule has 0 aliphatic carbocycles. The monoisotopic (exact) mass is 298 g/mol. The van der Waals surface area contributed by atoms with Crippen LogP contribution in [0, 0.1) is 0 Å². The fraction of sp³-hybridized carbons (Fsp3) is 0.176. The lowest BCUT2D eigenvalue weighted by molar-refractivity contribution is -0.114. The van der Waals surface area contributed by atoms with Crippen molar-refractivity contribution in [2.45, 2.75) is 6.92 Å². The van der Waals surface area contributed by atoms with Gasteiger partial charge in [-0.15, -0.1) is 0 Å². The highest BCUT2D eigenvalue weighted by atomic mass is 16.5. The summed E-state index contributed by atoms with van der Waals surface area (Å²) >= 11 is 0. The maximum absolute atomic E-state index is 12.7. The molecule has 0 fully saturated rings. The van der Waals surface area contributed by atoms with Gasteiger partial charge in [0, 0.05) is 25.3 Å². The van der Waals surface area contributed by atoms with E-state index in [4.69, 9.17) is 4.74 Å². The van der Waals surface area contributed by atoms with Crippen LogP contribution >= 0.6 is 0 Å².